The van der Waals surface area contributed by atoms with E-state index in [2.05, 4.69) is 11.9 Å². The summed E-state index contributed by atoms with van der Waals surface area (Å²) < 4.78 is 10.8. The van der Waals surface area contributed by atoms with Gasteiger partial charge in [0.15, 0.2) is 0 Å². The van der Waals surface area contributed by atoms with Crippen LogP contribution in [0.4, 0.5) is 0 Å². The SMILES string of the molecule is C=C(C)COc1ccc(C(=O)NC(C)CCc2ccco2)cc1. The second-order valence-corrected chi connectivity index (χ2v) is 5.76. The first kappa shape index (κ1) is 16.9. The van der Waals surface area contributed by atoms with Gasteiger partial charge >= 0.3 is 0 Å². The molecule has 122 valence electrons. The van der Waals surface area contributed by atoms with Crippen LogP contribution in [-0.2, 0) is 6.42 Å². The maximum Gasteiger partial charge on any atom is 0.251 e. The molecular weight excluding hydrogens is 290 g/mol. The Labute approximate surface area is 137 Å². The Kier molecular flexibility index (Phi) is 6.03. The Morgan fingerprint density at radius 1 is 1.30 bits per heavy atom. The van der Waals surface area contributed by atoms with Gasteiger partial charge in [-0.3, -0.25) is 4.79 Å². The van der Waals surface area contributed by atoms with Crippen LogP contribution in [0.3, 0.4) is 0 Å². The zero-order valence-electron chi connectivity index (χ0n) is 13.7. The lowest BCUT2D eigenvalue weighted by Crippen LogP contribution is -2.32. The van der Waals surface area contributed by atoms with E-state index in [-0.39, 0.29) is 11.9 Å². The molecule has 0 saturated heterocycles. The van der Waals surface area contributed by atoms with Crippen LogP contribution in [0.15, 0.2) is 59.2 Å². The smallest absolute Gasteiger partial charge is 0.251 e. The highest BCUT2D eigenvalue weighted by atomic mass is 16.5. The highest BCUT2D eigenvalue weighted by Crippen LogP contribution is 2.13. The van der Waals surface area contributed by atoms with Gasteiger partial charge in [0, 0.05) is 18.0 Å². The van der Waals surface area contributed by atoms with Crippen molar-refractivity contribution in [3.8, 4) is 5.75 Å². The summed E-state index contributed by atoms with van der Waals surface area (Å²) in [6.45, 7) is 8.17. The zero-order valence-corrected chi connectivity index (χ0v) is 13.7. The number of hydrogen-bond donors (Lipinski definition) is 1. The first-order chi connectivity index (χ1) is 11.0. The fourth-order valence-electron chi connectivity index (χ4n) is 2.10. The van der Waals surface area contributed by atoms with Gasteiger partial charge in [-0.05, 0) is 62.2 Å². The topological polar surface area (TPSA) is 51.5 Å². The van der Waals surface area contributed by atoms with E-state index in [1.807, 2.05) is 26.0 Å². The fourth-order valence-corrected chi connectivity index (χ4v) is 2.10. The third-order valence-corrected chi connectivity index (χ3v) is 3.38. The monoisotopic (exact) mass is 313 g/mol. The van der Waals surface area contributed by atoms with Crippen molar-refractivity contribution >= 4 is 5.91 Å². The van der Waals surface area contributed by atoms with E-state index in [0.29, 0.717) is 12.2 Å². The molecule has 2 rings (SSSR count). The van der Waals surface area contributed by atoms with Gasteiger partial charge in [0.1, 0.15) is 18.1 Å². The molecule has 0 fully saturated rings. The van der Waals surface area contributed by atoms with Crippen LogP contribution < -0.4 is 10.1 Å². The largest absolute Gasteiger partial charge is 0.489 e. The summed E-state index contributed by atoms with van der Waals surface area (Å²) in [6, 6.07) is 11.0. The quantitative estimate of drug-likeness (QED) is 0.750. The molecular formula is C19H23NO3. The van der Waals surface area contributed by atoms with E-state index < -0.39 is 0 Å². The van der Waals surface area contributed by atoms with Crippen LogP contribution in [0.25, 0.3) is 0 Å². The van der Waals surface area contributed by atoms with Gasteiger partial charge in [0.05, 0.1) is 6.26 Å². The average Bonchev–Trinajstić information content (AvgIpc) is 3.05. The van der Waals surface area contributed by atoms with Crippen LogP contribution in [-0.4, -0.2) is 18.6 Å². The minimum Gasteiger partial charge on any atom is -0.489 e. The molecule has 1 amide bonds. The lowest BCUT2D eigenvalue weighted by molar-refractivity contribution is 0.0938. The third kappa shape index (κ3) is 5.66. The first-order valence-corrected chi connectivity index (χ1v) is 7.75. The van der Waals surface area contributed by atoms with Crippen LogP contribution in [0, 0.1) is 0 Å². The highest BCUT2D eigenvalue weighted by Gasteiger charge is 2.10. The maximum atomic E-state index is 12.2. The molecule has 4 heteroatoms. The second kappa shape index (κ2) is 8.22. The van der Waals surface area contributed by atoms with E-state index in [1.165, 1.54) is 0 Å². The first-order valence-electron chi connectivity index (χ1n) is 7.75. The molecule has 0 radical (unpaired) electrons. The lowest BCUT2D eigenvalue weighted by Gasteiger charge is -2.13. The van der Waals surface area contributed by atoms with Crippen molar-refractivity contribution < 1.29 is 13.9 Å². The molecule has 1 N–H and O–H groups in total. The van der Waals surface area contributed by atoms with E-state index in [1.54, 1.807) is 30.5 Å². The van der Waals surface area contributed by atoms with Crippen LogP contribution in [0.2, 0.25) is 0 Å². The summed E-state index contributed by atoms with van der Waals surface area (Å²) in [4.78, 5) is 12.2. The van der Waals surface area contributed by atoms with Gasteiger partial charge in [-0.25, -0.2) is 0 Å². The van der Waals surface area contributed by atoms with Crippen molar-refractivity contribution in [2.24, 2.45) is 0 Å². The molecule has 2 aromatic rings. The third-order valence-electron chi connectivity index (χ3n) is 3.38. The summed E-state index contributed by atoms with van der Waals surface area (Å²) >= 11 is 0. The number of furan rings is 1. The molecule has 1 atom stereocenters. The Balaban J connectivity index is 1.81. The number of nitrogens with one attached hydrogen (secondary N) is 1. The van der Waals surface area contributed by atoms with E-state index in [9.17, 15) is 4.79 Å². The molecule has 0 bridgehead atoms. The average molecular weight is 313 g/mol. The van der Waals surface area contributed by atoms with Crippen molar-refractivity contribution in [2.45, 2.75) is 32.7 Å². The Morgan fingerprint density at radius 3 is 2.65 bits per heavy atom. The summed E-state index contributed by atoms with van der Waals surface area (Å²) in [6.07, 6.45) is 3.30. The fraction of sp³-hybridized carbons (Fsp3) is 0.316. The number of ether oxygens (including phenoxy) is 1. The number of carbonyl (C=O) groups excluding carboxylic acids is 1. The highest BCUT2D eigenvalue weighted by molar-refractivity contribution is 5.94. The standard InChI is InChI=1S/C19H23NO3/c1-14(2)13-23-18-10-7-16(8-11-18)19(21)20-15(3)6-9-17-5-4-12-22-17/h4-5,7-8,10-12,15H,1,6,9,13H2,2-3H3,(H,20,21). The van der Waals surface area contributed by atoms with E-state index in [0.717, 1.165) is 29.9 Å². The number of carbonyl (C=O) groups is 1. The van der Waals surface area contributed by atoms with Crippen molar-refractivity contribution in [3.05, 3.63) is 66.1 Å². The second-order valence-electron chi connectivity index (χ2n) is 5.76. The molecule has 1 heterocycles. The minimum atomic E-state index is -0.0802. The van der Waals surface area contributed by atoms with Crippen molar-refractivity contribution in [2.75, 3.05) is 6.61 Å². The summed E-state index contributed by atoms with van der Waals surface area (Å²) in [5.41, 5.74) is 1.58. The molecule has 0 spiro atoms. The molecule has 0 aliphatic carbocycles. The summed E-state index contributed by atoms with van der Waals surface area (Å²) in [7, 11) is 0. The minimum absolute atomic E-state index is 0.0759. The Morgan fingerprint density at radius 2 is 2.04 bits per heavy atom. The summed E-state index contributed by atoms with van der Waals surface area (Å²) in [5.74, 6) is 1.59. The van der Waals surface area contributed by atoms with Crippen molar-refractivity contribution in [1.29, 1.82) is 0 Å². The maximum absolute atomic E-state index is 12.2. The van der Waals surface area contributed by atoms with E-state index >= 15 is 0 Å². The van der Waals surface area contributed by atoms with E-state index in [4.69, 9.17) is 9.15 Å². The molecule has 1 unspecified atom stereocenters. The molecule has 1 aromatic carbocycles. The van der Waals surface area contributed by atoms with Gasteiger partial charge in [-0.1, -0.05) is 6.58 Å². The predicted octanol–water partition coefficient (Wildman–Crippen LogP) is 3.99. The van der Waals surface area contributed by atoms with Crippen molar-refractivity contribution in [1.82, 2.24) is 5.32 Å². The van der Waals surface area contributed by atoms with Crippen LogP contribution in [0.5, 0.6) is 5.75 Å². The Bertz CT molecular complexity index is 629. The molecule has 0 aliphatic heterocycles. The van der Waals surface area contributed by atoms with Crippen LogP contribution in [0.1, 0.15) is 36.4 Å². The molecule has 23 heavy (non-hydrogen) atoms. The number of amides is 1. The number of benzene rings is 1. The Hall–Kier alpha value is -2.49. The van der Waals surface area contributed by atoms with Crippen LogP contribution >= 0.6 is 0 Å². The number of hydrogen-bond acceptors (Lipinski definition) is 3. The van der Waals surface area contributed by atoms with Gasteiger partial charge in [-0.2, -0.15) is 0 Å². The van der Waals surface area contributed by atoms with Crippen molar-refractivity contribution in [3.63, 3.8) is 0 Å². The molecule has 0 saturated carbocycles. The lowest BCUT2D eigenvalue weighted by atomic mass is 10.1. The van der Waals surface area contributed by atoms with Gasteiger partial charge in [0.2, 0.25) is 0 Å². The zero-order chi connectivity index (χ0) is 16.7. The molecule has 4 nitrogen and oxygen atoms in total. The normalized spacial score (nSPS) is 11.7. The van der Waals surface area contributed by atoms with Gasteiger partial charge < -0.3 is 14.5 Å². The van der Waals surface area contributed by atoms with Gasteiger partial charge in [0.25, 0.3) is 5.91 Å². The number of rotatable bonds is 8. The number of aryl methyl sites for hydroxylation is 1. The van der Waals surface area contributed by atoms with Gasteiger partial charge in [-0.15, -0.1) is 0 Å². The summed E-state index contributed by atoms with van der Waals surface area (Å²) in [5, 5.41) is 2.99. The predicted molar refractivity (Wildman–Crippen MR) is 90.7 cm³/mol. The molecule has 1 aromatic heterocycles. The molecule has 0 aliphatic rings.